The number of halogens is 2. The molecule has 1 N–H and O–H groups in total. The van der Waals surface area contributed by atoms with Crippen LogP contribution in [0.2, 0.25) is 0 Å². The lowest BCUT2D eigenvalue weighted by molar-refractivity contribution is 0.0529. The number of nitrogens with one attached hydrogen (secondary N) is 1. The molecule has 1 aromatic carbocycles. The molecule has 2 heterocycles. The van der Waals surface area contributed by atoms with Crippen molar-refractivity contribution in [2.75, 3.05) is 11.9 Å². The summed E-state index contributed by atoms with van der Waals surface area (Å²) in [6, 6.07) is 5.81. The third-order valence-electron chi connectivity index (χ3n) is 3.41. The van der Waals surface area contributed by atoms with Crippen LogP contribution in [0.15, 0.2) is 46.4 Å². The van der Waals surface area contributed by atoms with Crippen molar-refractivity contribution in [2.24, 2.45) is 0 Å². The van der Waals surface area contributed by atoms with Gasteiger partial charge in [0, 0.05) is 22.6 Å². The van der Waals surface area contributed by atoms with Gasteiger partial charge in [0.25, 0.3) is 5.91 Å². The van der Waals surface area contributed by atoms with Crippen molar-refractivity contribution in [1.29, 1.82) is 0 Å². The summed E-state index contributed by atoms with van der Waals surface area (Å²) in [4.78, 5) is 24.7. The smallest absolute Gasteiger partial charge is 0.341 e. The van der Waals surface area contributed by atoms with Gasteiger partial charge in [-0.05, 0) is 31.2 Å². The minimum Gasteiger partial charge on any atom is -0.464 e. The molecule has 0 radical (unpaired) electrons. The first-order chi connectivity index (χ1) is 12.5. The maximum absolute atomic E-state index is 13.3. The van der Waals surface area contributed by atoms with Crippen molar-refractivity contribution in [1.82, 2.24) is 0 Å². The van der Waals surface area contributed by atoms with Crippen LogP contribution in [0, 0.1) is 11.6 Å². The highest BCUT2D eigenvalue weighted by Crippen LogP contribution is 2.36. The normalized spacial score (nSPS) is 10.6. The van der Waals surface area contributed by atoms with Crippen molar-refractivity contribution < 1.29 is 27.5 Å². The van der Waals surface area contributed by atoms with Crippen LogP contribution in [0.4, 0.5) is 13.8 Å². The Morgan fingerprint density at radius 1 is 1.23 bits per heavy atom. The molecule has 26 heavy (non-hydrogen) atoms. The number of anilines is 1. The van der Waals surface area contributed by atoms with Crippen LogP contribution in [0.25, 0.3) is 11.3 Å². The van der Waals surface area contributed by atoms with Gasteiger partial charge in [-0.15, -0.1) is 11.3 Å². The van der Waals surface area contributed by atoms with Crippen LogP contribution < -0.4 is 5.32 Å². The van der Waals surface area contributed by atoms with E-state index in [4.69, 9.17) is 9.15 Å². The van der Waals surface area contributed by atoms with Crippen molar-refractivity contribution in [3.8, 4) is 11.3 Å². The number of hydrogen-bond acceptors (Lipinski definition) is 5. The third kappa shape index (κ3) is 3.65. The Labute approximate surface area is 151 Å². The van der Waals surface area contributed by atoms with Gasteiger partial charge in [-0.3, -0.25) is 4.79 Å². The molecule has 3 aromatic rings. The van der Waals surface area contributed by atoms with Gasteiger partial charge in [-0.25, -0.2) is 13.6 Å². The monoisotopic (exact) mass is 377 g/mol. The van der Waals surface area contributed by atoms with Crippen LogP contribution in [-0.4, -0.2) is 18.5 Å². The summed E-state index contributed by atoms with van der Waals surface area (Å²) in [5, 5.41) is 4.34. The zero-order valence-electron chi connectivity index (χ0n) is 13.5. The maximum Gasteiger partial charge on any atom is 0.341 e. The van der Waals surface area contributed by atoms with Gasteiger partial charge in [-0.1, -0.05) is 0 Å². The topological polar surface area (TPSA) is 68.5 Å². The van der Waals surface area contributed by atoms with Crippen molar-refractivity contribution in [2.45, 2.75) is 6.92 Å². The average Bonchev–Trinajstić information content (AvgIpc) is 3.23. The highest BCUT2D eigenvalue weighted by atomic mass is 32.1. The first-order valence-electron chi connectivity index (χ1n) is 7.59. The summed E-state index contributed by atoms with van der Waals surface area (Å²) in [6.07, 6.45) is 1.45. The average molecular weight is 377 g/mol. The van der Waals surface area contributed by atoms with E-state index in [1.165, 1.54) is 6.26 Å². The summed E-state index contributed by atoms with van der Waals surface area (Å²) in [6.45, 7) is 1.80. The fourth-order valence-electron chi connectivity index (χ4n) is 2.33. The number of benzene rings is 1. The van der Waals surface area contributed by atoms with Gasteiger partial charge in [0.2, 0.25) is 0 Å². The summed E-state index contributed by atoms with van der Waals surface area (Å²) < 4.78 is 37.0. The minimum atomic E-state index is -0.872. The Bertz CT molecular complexity index is 930. The van der Waals surface area contributed by atoms with E-state index >= 15 is 0 Å². The second-order valence-corrected chi connectivity index (χ2v) is 6.04. The number of ether oxygens (including phenoxy) is 1. The first kappa shape index (κ1) is 17.8. The van der Waals surface area contributed by atoms with E-state index in [9.17, 15) is 18.4 Å². The van der Waals surface area contributed by atoms with E-state index in [-0.39, 0.29) is 22.7 Å². The lowest BCUT2D eigenvalue weighted by Crippen LogP contribution is -2.15. The first-order valence-corrected chi connectivity index (χ1v) is 8.47. The highest BCUT2D eigenvalue weighted by molar-refractivity contribution is 7.15. The molecule has 0 spiro atoms. The van der Waals surface area contributed by atoms with E-state index in [1.807, 2.05) is 0 Å². The molecular weight excluding hydrogens is 364 g/mol. The van der Waals surface area contributed by atoms with Crippen molar-refractivity contribution in [3.63, 3.8) is 0 Å². The molecule has 0 aliphatic rings. The number of rotatable bonds is 5. The van der Waals surface area contributed by atoms with E-state index in [0.29, 0.717) is 17.4 Å². The maximum atomic E-state index is 13.3. The molecule has 1 amide bonds. The molecule has 2 aromatic heterocycles. The quantitative estimate of drug-likeness (QED) is 0.654. The fourth-order valence-corrected chi connectivity index (χ4v) is 3.26. The second kappa shape index (κ2) is 7.49. The largest absolute Gasteiger partial charge is 0.464 e. The lowest BCUT2D eigenvalue weighted by Gasteiger charge is -2.08. The van der Waals surface area contributed by atoms with Crippen molar-refractivity contribution >= 4 is 28.2 Å². The van der Waals surface area contributed by atoms with Gasteiger partial charge in [-0.2, -0.15) is 0 Å². The summed E-state index contributed by atoms with van der Waals surface area (Å²) >= 11 is 1.08. The fraction of sp³-hybridized carbons (Fsp3) is 0.111. The molecular formula is C18H13F2NO4S. The van der Waals surface area contributed by atoms with Crippen molar-refractivity contribution in [3.05, 3.63) is 64.7 Å². The number of thiophene rings is 1. The molecule has 8 heteroatoms. The Morgan fingerprint density at radius 2 is 1.96 bits per heavy atom. The molecule has 0 unspecified atom stereocenters. The Balaban J connectivity index is 1.97. The SMILES string of the molecule is CCOC(=O)c1c(-c2ccco2)csc1NC(=O)c1cc(F)cc(F)c1. The number of hydrogen-bond donors (Lipinski definition) is 1. The van der Waals surface area contributed by atoms with E-state index < -0.39 is 23.5 Å². The zero-order chi connectivity index (χ0) is 18.7. The standard InChI is InChI=1S/C18H13F2NO4S/c1-2-24-18(23)15-13(14-4-3-5-25-14)9-26-17(15)21-16(22)10-6-11(19)8-12(20)7-10/h3-9H,2H2,1H3,(H,21,22). The minimum absolute atomic E-state index is 0.122. The molecule has 0 saturated carbocycles. The lowest BCUT2D eigenvalue weighted by atomic mass is 10.1. The zero-order valence-corrected chi connectivity index (χ0v) is 14.4. The van der Waals surface area contributed by atoms with Gasteiger partial charge in [0.15, 0.2) is 0 Å². The van der Waals surface area contributed by atoms with Crippen LogP contribution in [0.1, 0.15) is 27.6 Å². The molecule has 134 valence electrons. The third-order valence-corrected chi connectivity index (χ3v) is 4.30. The molecule has 0 saturated heterocycles. The highest BCUT2D eigenvalue weighted by Gasteiger charge is 2.24. The van der Waals surface area contributed by atoms with Crippen LogP contribution in [-0.2, 0) is 4.74 Å². The molecule has 0 fully saturated rings. The Kier molecular flexibility index (Phi) is 5.13. The van der Waals surface area contributed by atoms with Gasteiger partial charge in [0.1, 0.15) is 28.0 Å². The molecule has 3 rings (SSSR count). The summed E-state index contributed by atoms with van der Waals surface area (Å²) in [5.74, 6) is -2.70. The number of carbonyl (C=O) groups is 2. The molecule has 0 atom stereocenters. The molecule has 5 nitrogen and oxygen atoms in total. The summed E-state index contributed by atoms with van der Waals surface area (Å²) in [5.41, 5.74) is 0.376. The predicted octanol–water partition coefficient (Wildman–Crippen LogP) is 4.72. The molecule has 0 aliphatic heterocycles. The molecule has 0 aliphatic carbocycles. The van der Waals surface area contributed by atoms with Gasteiger partial charge in [0.05, 0.1) is 12.9 Å². The van der Waals surface area contributed by atoms with E-state index in [1.54, 1.807) is 24.4 Å². The van der Waals surface area contributed by atoms with Crippen LogP contribution in [0.5, 0.6) is 0 Å². The second-order valence-electron chi connectivity index (χ2n) is 5.16. The summed E-state index contributed by atoms with van der Waals surface area (Å²) in [7, 11) is 0. The number of furan rings is 1. The predicted molar refractivity (Wildman–Crippen MR) is 92.3 cm³/mol. The Morgan fingerprint density at radius 3 is 2.58 bits per heavy atom. The molecule has 0 bridgehead atoms. The number of amides is 1. The van der Waals surface area contributed by atoms with Gasteiger partial charge >= 0.3 is 5.97 Å². The van der Waals surface area contributed by atoms with Gasteiger partial charge < -0.3 is 14.5 Å². The van der Waals surface area contributed by atoms with E-state index in [0.717, 1.165) is 23.5 Å². The van der Waals surface area contributed by atoms with Crippen LogP contribution >= 0.6 is 11.3 Å². The van der Waals surface area contributed by atoms with Crippen LogP contribution in [0.3, 0.4) is 0 Å². The Hall–Kier alpha value is -3.00. The van der Waals surface area contributed by atoms with E-state index in [2.05, 4.69) is 5.32 Å². The number of carbonyl (C=O) groups excluding carboxylic acids is 2. The number of esters is 1.